The molecule has 174 valence electrons. The SMILES string of the molecule is Cc1cc(-c2c(-c3ccc4c(cnn4C)c3)ncc3c2ccn3CC2CCNCC2)ccc1C#N. The lowest BCUT2D eigenvalue weighted by Gasteiger charge is -2.23. The second kappa shape index (κ2) is 8.68. The van der Waals surface area contributed by atoms with Crippen molar-refractivity contribution in [2.75, 3.05) is 13.1 Å². The Morgan fingerprint density at radius 2 is 1.86 bits per heavy atom. The summed E-state index contributed by atoms with van der Waals surface area (Å²) in [5, 5.41) is 19.6. The molecule has 0 amide bonds. The highest BCUT2D eigenvalue weighted by Crippen LogP contribution is 2.38. The molecule has 2 aromatic carbocycles. The number of aryl methyl sites for hydroxylation is 2. The highest BCUT2D eigenvalue weighted by atomic mass is 15.2. The maximum Gasteiger partial charge on any atom is 0.0994 e. The van der Waals surface area contributed by atoms with Crippen LogP contribution in [0.1, 0.15) is 24.0 Å². The van der Waals surface area contributed by atoms with E-state index in [9.17, 15) is 5.26 Å². The summed E-state index contributed by atoms with van der Waals surface area (Å²) in [6.45, 7) is 5.21. The molecule has 0 unspecified atom stereocenters. The van der Waals surface area contributed by atoms with Crippen LogP contribution in [0.2, 0.25) is 0 Å². The van der Waals surface area contributed by atoms with Crippen LogP contribution in [0.4, 0.5) is 0 Å². The number of rotatable bonds is 4. The number of hydrogen-bond donors (Lipinski definition) is 1. The van der Waals surface area contributed by atoms with Crippen molar-refractivity contribution in [1.29, 1.82) is 5.26 Å². The first-order chi connectivity index (χ1) is 17.1. The molecule has 1 aliphatic rings. The van der Waals surface area contributed by atoms with Crippen LogP contribution in [0.3, 0.4) is 0 Å². The average Bonchev–Trinajstić information content (AvgIpc) is 3.47. The Bertz CT molecular complexity index is 1590. The number of hydrogen-bond acceptors (Lipinski definition) is 4. The minimum Gasteiger partial charge on any atom is -0.346 e. The van der Waals surface area contributed by atoms with E-state index in [2.05, 4.69) is 63.6 Å². The van der Waals surface area contributed by atoms with Crippen LogP contribution in [0.5, 0.6) is 0 Å². The Morgan fingerprint density at radius 3 is 2.66 bits per heavy atom. The molecule has 6 heteroatoms. The number of nitrogens with zero attached hydrogens (tertiary/aromatic N) is 5. The van der Waals surface area contributed by atoms with E-state index in [1.54, 1.807) is 0 Å². The van der Waals surface area contributed by atoms with Gasteiger partial charge in [-0.25, -0.2) is 0 Å². The minimum atomic E-state index is 0.681. The summed E-state index contributed by atoms with van der Waals surface area (Å²) in [5.74, 6) is 0.681. The summed E-state index contributed by atoms with van der Waals surface area (Å²) >= 11 is 0. The normalized spacial score (nSPS) is 14.5. The monoisotopic (exact) mass is 460 g/mol. The molecule has 3 aromatic heterocycles. The lowest BCUT2D eigenvalue weighted by Crippen LogP contribution is -2.29. The van der Waals surface area contributed by atoms with Crippen LogP contribution < -0.4 is 5.32 Å². The van der Waals surface area contributed by atoms with Crippen molar-refractivity contribution >= 4 is 21.8 Å². The molecular formula is C29H28N6. The third-order valence-corrected chi connectivity index (χ3v) is 7.40. The van der Waals surface area contributed by atoms with E-state index in [0.717, 1.165) is 64.0 Å². The number of nitrogens with one attached hydrogen (secondary N) is 1. The van der Waals surface area contributed by atoms with Crippen LogP contribution in [0.15, 0.2) is 61.1 Å². The first-order valence-corrected chi connectivity index (χ1v) is 12.2. The second-order valence-corrected chi connectivity index (χ2v) is 9.63. The topological polar surface area (TPSA) is 71.5 Å². The van der Waals surface area contributed by atoms with Crippen molar-refractivity contribution in [2.45, 2.75) is 26.3 Å². The molecule has 6 nitrogen and oxygen atoms in total. The van der Waals surface area contributed by atoms with Crippen molar-refractivity contribution in [3.8, 4) is 28.5 Å². The Morgan fingerprint density at radius 1 is 1.03 bits per heavy atom. The highest BCUT2D eigenvalue weighted by Gasteiger charge is 2.19. The molecule has 0 atom stereocenters. The third kappa shape index (κ3) is 3.78. The standard InChI is InChI=1S/C29H28N6/c1-19-13-21(3-4-23(19)15-30)28-25-9-12-35(18-20-7-10-31-11-8-20)27(25)17-32-29(28)22-5-6-26-24(14-22)16-33-34(26)2/h3-6,9,12-14,16-17,20,31H,7-8,10-11,18H2,1-2H3. The first kappa shape index (κ1) is 21.6. The van der Waals surface area contributed by atoms with E-state index in [1.165, 1.54) is 18.2 Å². The minimum absolute atomic E-state index is 0.681. The van der Waals surface area contributed by atoms with Gasteiger partial charge in [0, 0.05) is 41.7 Å². The van der Waals surface area contributed by atoms with E-state index >= 15 is 0 Å². The van der Waals surface area contributed by atoms with Gasteiger partial charge in [-0.05, 0) is 74.2 Å². The molecule has 5 aromatic rings. The zero-order valence-corrected chi connectivity index (χ0v) is 20.1. The fourth-order valence-electron chi connectivity index (χ4n) is 5.43. The molecule has 4 heterocycles. The zero-order valence-electron chi connectivity index (χ0n) is 20.1. The third-order valence-electron chi connectivity index (χ3n) is 7.40. The van der Waals surface area contributed by atoms with Gasteiger partial charge in [-0.2, -0.15) is 10.4 Å². The van der Waals surface area contributed by atoms with E-state index in [-0.39, 0.29) is 0 Å². The highest BCUT2D eigenvalue weighted by molar-refractivity contribution is 6.02. The van der Waals surface area contributed by atoms with Crippen molar-refractivity contribution < 1.29 is 0 Å². The smallest absolute Gasteiger partial charge is 0.0994 e. The fourth-order valence-corrected chi connectivity index (χ4v) is 5.43. The number of benzene rings is 2. The predicted octanol–water partition coefficient (Wildman–Crippen LogP) is 5.44. The molecule has 0 bridgehead atoms. The summed E-state index contributed by atoms with van der Waals surface area (Å²) in [6.07, 6.45) is 8.55. The van der Waals surface area contributed by atoms with E-state index < -0.39 is 0 Å². The van der Waals surface area contributed by atoms with Crippen LogP contribution in [-0.4, -0.2) is 32.4 Å². The van der Waals surface area contributed by atoms with Crippen molar-refractivity contribution in [1.82, 2.24) is 24.6 Å². The number of piperidine rings is 1. The number of nitriles is 1. The van der Waals surface area contributed by atoms with Gasteiger partial charge < -0.3 is 9.88 Å². The van der Waals surface area contributed by atoms with Gasteiger partial charge in [-0.3, -0.25) is 9.67 Å². The lowest BCUT2D eigenvalue weighted by molar-refractivity contribution is 0.337. The zero-order chi connectivity index (χ0) is 23.9. The Kier molecular flexibility index (Phi) is 5.35. The molecule has 1 N–H and O–H groups in total. The Balaban J connectivity index is 1.54. The molecule has 0 radical (unpaired) electrons. The Hall–Kier alpha value is -3.95. The van der Waals surface area contributed by atoms with Gasteiger partial charge in [0.2, 0.25) is 0 Å². The molecule has 35 heavy (non-hydrogen) atoms. The molecule has 0 spiro atoms. The van der Waals surface area contributed by atoms with Crippen molar-refractivity contribution in [3.63, 3.8) is 0 Å². The predicted molar refractivity (Wildman–Crippen MR) is 140 cm³/mol. The number of aromatic nitrogens is 4. The summed E-state index contributed by atoms with van der Waals surface area (Å²) in [5.41, 5.74) is 8.15. The Labute approximate surface area is 204 Å². The maximum absolute atomic E-state index is 9.47. The number of pyridine rings is 1. The van der Waals surface area contributed by atoms with Gasteiger partial charge in [0.25, 0.3) is 0 Å². The van der Waals surface area contributed by atoms with E-state index in [0.29, 0.717) is 11.5 Å². The summed E-state index contributed by atoms with van der Waals surface area (Å²) in [7, 11) is 1.96. The van der Waals surface area contributed by atoms with Crippen LogP contribution in [0, 0.1) is 24.2 Å². The maximum atomic E-state index is 9.47. The number of fused-ring (bicyclic) bond motifs is 2. The van der Waals surface area contributed by atoms with Crippen LogP contribution in [0.25, 0.3) is 44.2 Å². The molecular weight excluding hydrogens is 432 g/mol. The lowest BCUT2D eigenvalue weighted by atomic mass is 9.93. The quantitative estimate of drug-likeness (QED) is 0.388. The van der Waals surface area contributed by atoms with Gasteiger partial charge in [-0.1, -0.05) is 18.2 Å². The van der Waals surface area contributed by atoms with Gasteiger partial charge in [0.05, 0.1) is 40.8 Å². The van der Waals surface area contributed by atoms with Crippen molar-refractivity contribution in [3.05, 3.63) is 72.2 Å². The summed E-state index contributed by atoms with van der Waals surface area (Å²) in [6, 6.07) is 17.0. The van der Waals surface area contributed by atoms with Gasteiger partial charge in [0.15, 0.2) is 0 Å². The van der Waals surface area contributed by atoms with Crippen LogP contribution >= 0.6 is 0 Å². The van der Waals surface area contributed by atoms with E-state index in [4.69, 9.17) is 4.98 Å². The average molecular weight is 461 g/mol. The van der Waals surface area contributed by atoms with Gasteiger partial charge in [-0.15, -0.1) is 0 Å². The summed E-state index contributed by atoms with van der Waals surface area (Å²) < 4.78 is 4.26. The van der Waals surface area contributed by atoms with Gasteiger partial charge in [0.1, 0.15) is 0 Å². The van der Waals surface area contributed by atoms with Gasteiger partial charge >= 0.3 is 0 Å². The largest absolute Gasteiger partial charge is 0.346 e. The first-order valence-electron chi connectivity index (χ1n) is 12.2. The molecule has 0 saturated carbocycles. The molecule has 1 aliphatic heterocycles. The molecule has 1 fully saturated rings. The summed E-state index contributed by atoms with van der Waals surface area (Å²) in [4.78, 5) is 5.04. The van der Waals surface area contributed by atoms with Crippen molar-refractivity contribution in [2.24, 2.45) is 13.0 Å². The molecule has 6 rings (SSSR count). The van der Waals surface area contributed by atoms with E-state index in [1.807, 2.05) is 37.1 Å². The fraction of sp³-hybridized carbons (Fsp3) is 0.276. The molecule has 1 saturated heterocycles. The van der Waals surface area contributed by atoms with Crippen LogP contribution in [-0.2, 0) is 13.6 Å². The molecule has 0 aliphatic carbocycles. The second-order valence-electron chi connectivity index (χ2n) is 9.63.